The molecule has 0 spiro atoms. The minimum Gasteiger partial charge on any atom is -0.332 e. The number of aromatic nitrogens is 7. The van der Waals surface area contributed by atoms with Crippen LogP contribution >= 0.6 is 0 Å². The average Bonchev–Trinajstić information content (AvgIpc) is 3.53. The first-order valence-electron chi connectivity index (χ1n) is 11.1. The van der Waals surface area contributed by atoms with Gasteiger partial charge < -0.3 is 4.52 Å². The van der Waals surface area contributed by atoms with E-state index in [1.807, 2.05) is 43.1 Å². The summed E-state index contributed by atoms with van der Waals surface area (Å²) in [6.45, 7) is 6.17. The van der Waals surface area contributed by atoms with E-state index in [4.69, 9.17) is 9.51 Å². The van der Waals surface area contributed by atoms with Gasteiger partial charge in [-0.3, -0.25) is 4.57 Å². The lowest BCUT2D eigenvalue weighted by Crippen LogP contribution is -2.04. The molecule has 1 aliphatic heterocycles. The molecule has 0 bridgehead atoms. The molecule has 1 aliphatic rings. The van der Waals surface area contributed by atoms with Crippen LogP contribution in [0.25, 0.3) is 23.0 Å². The standard InChI is InChI=1S/C25H23N7O/c1-15(2)24-27-25(33-29-24)23-22-13-20-18(12-17-7-5-4-6-8-17)28-30-32(20)21-11-16(3)9-10-19(21)31(22)14-26-23/h4-11,14-15H,12-13H2,1-3H3. The first kappa shape index (κ1) is 19.6. The first-order valence-corrected chi connectivity index (χ1v) is 11.1. The van der Waals surface area contributed by atoms with Gasteiger partial charge in [0, 0.05) is 18.8 Å². The van der Waals surface area contributed by atoms with Gasteiger partial charge in [-0.25, -0.2) is 9.67 Å². The normalized spacial score (nSPS) is 12.4. The van der Waals surface area contributed by atoms with E-state index in [1.165, 1.54) is 5.56 Å². The Morgan fingerprint density at radius 3 is 2.67 bits per heavy atom. The molecule has 0 amide bonds. The number of aryl methyl sites for hydroxylation is 1. The maximum atomic E-state index is 5.60. The fraction of sp³-hybridized carbons (Fsp3) is 0.240. The van der Waals surface area contributed by atoms with E-state index in [2.05, 4.69) is 62.3 Å². The summed E-state index contributed by atoms with van der Waals surface area (Å²) >= 11 is 0. The zero-order valence-corrected chi connectivity index (χ0v) is 18.7. The SMILES string of the molecule is Cc1ccc2c(c1)-n1nnc(Cc3ccccc3)c1Cc1c(-c3nc(C(C)C)no3)ncn1-2. The number of imidazole rings is 1. The Kier molecular flexibility index (Phi) is 4.46. The minimum absolute atomic E-state index is 0.176. The molecule has 0 saturated heterocycles. The Labute approximate surface area is 190 Å². The largest absolute Gasteiger partial charge is 0.332 e. The molecular formula is C25H23N7O. The van der Waals surface area contributed by atoms with Crippen LogP contribution in [0.4, 0.5) is 0 Å². The van der Waals surface area contributed by atoms with Crippen LogP contribution in [-0.2, 0) is 12.8 Å². The molecule has 33 heavy (non-hydrogen) atoms. The topological polar surface area (TPSA) is 87.4 Å². The second-order valence-electron chi connectivity index (χ2n) is 8.75. The van der Waals surface area contributed by atoms with Gasteiger partial charge in [0.1, 0.15) is 6.33 Å². The minimum atomic E-state index is 0.176. The molecular weight excluding hydrogens is 414 g/mol. The molecule has 164 valence electrons. The van der Waals surface area contributed by atoms with Crippen LogP contribution < -0.4 is 0 Å². The summed E-state index contributed by atoms with van der Waals surface area (Å²) in [4.78, 5) is 9.29. The zero-order valence-electron chi connectivity index (χ0n) is 18.7. The van der Waals surface area contributed by atoms with Crippen molar-refractivity contribution in [1.29, 1.82) is 0 Å². The lowest BCUT2D eigenvalue weighted by molar-refractivity contribution is 0.418. The van der Waals surface area contributed by atoms with Crippen LogP contribution in [0.2, 0.25) is 0 Å². The van der Waals surface area contributed by atoms with Crippen LogP contribution in [0, 0.1) is 6.92 Å². The summed E-state index contributed by atoms with van der Waals surface area (Å²) in [5.74, 6) is 1.29. The molecule has 0 unspecified atom stereocenters. The maximum Gasteiger partial charge on any atom is 0.278 e. The Balaban J connectivity index is 1.53. The summed E-state index contributed by atoms with van der Waals surface area (Å²) in [6.07, 6.45) is 3.13. The van der Waals surface area contributed by atoms with Crippen molar-refractivity contribution in [3.63, 3.8) is 0 Å². The molecule has 8 heteroatoms. The van der Waals surface area contributed by atoms with Crippen molar-refractivity contribution in [2.75, 3.05) is 0 Å². The second-order valence-corrected chi connectivity index (χ2v) is 8.75. The molecule has 0 fully saturated rings. The van der Waals surface area contributed by atoms with Gasteiger partial charge in [-0.2, -0.15) is 4.98 Å². The van der Waals surface area contributed by atoms with Crippen molar-refractivity contribution < 1.29 is 4.52 Å². The van der Waals surface area contributed by atoms with E-state index >= 15 is 0 Å². The Morgan fingerprint density at radius 2 is 1.88 bits per heavy atom. The van der Waals surface area contributed by atoms with Gasteiger partial charge in [-0.05, 0) is 30.2 Å². The quantitative estimate of drug-likeness (QED) is 0.405. The lowest BCUT2D eigenvalue weighted by Gasteiger charge is -2.10. The van der Waals surface area contributed by atoms with Crippen molar-refractivity contribution in [1.82, 2.24) is 34.7 Å². The van der Waals surface area contributed by atoms with E-state index in [9.17, 15) is 0 Å². The fourth-order valence-corrected chi connectivity index (χ4v) is 4.29. The fourth-order valence-electron chi connectivity index (χ4n) is 4.29. The van der Waals surface area contributed by atoms with Gasteiger partial charge >= 0.3 is 0 Å². The summed E-state index contributed by atoms with van der Waals surface area (Å²) in [7, 11) is 0. The van der Waals surface area contributed by atoms with Crippen LogP contribution in [0.1, 0.15) is 53.8 Å². The summed E-state index contributed by atoms with van der Waals surface area (Å²) in [5, 5.41) is 13.3. The van der Waals surface area contributed by atoms with Crippen LogP contribution in [-0.4, -0.2) is 34.7 Å². The molecule has 0 N–H and O–H groups in total. The van der Waals surface area contributed by atoms with Gasteiger partial charge in [-0.1, -0.05) is 60.6 Å². The van der Waals surface area contributed by atoms with E-state index in [1.54, 1.807) is 0 Å². The Morgan fingerprint density at radius 1 is 1.03 bits per heavy atom. The average molecular weight is 438 g/mol. The highest BCUT2D eigenvalue weighted by Gasteiger charge is 2.28. The molecule has 0 atom stereocenters. The van der Waals surface area contributed by atoms with Gasteiger partial charge in [0.25, 0.3) is 5.89 Å². The van der Waals surface area contributed by atoms with Crippen molar-refractivity contribution in [2.24, 2.45) is 0 Å². The van der Waals surface area contributed by atoms with Crippen molar-refractivity contribution in [3.8, 4) is 23.0 Å². The molecule has 5 aromatic rings. The van der Waals surface area contributed by atoms with E-state index in [-0.39, 0.29) is 5.92 Å². The predicted octanol–water partition coefficient (Wildman–Crippen LogP) is 4.43. The van der Waals surface area contributed by atoms with E-state index in [0.29, 0.717) is 30.3 Å². The van der Waals surface area contributed by atoms with Gasteiger partial charge in [0.2, 0.25) is 0 Å². The molecule has 2 aromatic carbocycles. The van der Waals surface area contributed by atoms with Crippen LogP contribution in [0.15, 0.2) is 59.4 Å². The van der Waals surface area contributed by atoms with E-state index < -0.39 is 0 Å². The first-order chi connectivity index (χ1) is 16.1. The third-order valence-electron chi connectivity index (χ3n) is 6.04. The van der Waals surface area contributed by atoms with Crippen molar-refractivity contribution in [3.05, 3.63) is 88.9 Å². The molecule has 0 aliphatic carbocycles. The van der Waals surface area contributed by atoms with Gasteiger partial charge in [-0.15, -0.1) is 5.10 Å². The van der Waals surface area contributed by atoms with E-state index in [0.717, 1.165) is 34.0 Å². The Hall–Kier alpha value is -4.07. The molecule has 0 saturated carbocycles. The summed E-state index contributed by atoms with van der Waals surface area (Å²) < 4.78 is 9.67. The van der Waals surface area contributed by atoms with Gasteiger partial charge in [0.05, 0.1) is 28.5 Å². The third-order valence-corrected chi connectivity index (χ3v) is 6.04. The van der Waals surface area contributed by atoms with Gasteiger partial charge in [0.15, 0.2) is 11.5 Å². The number of benzene rings is 2. The number of fused-ring (bicyclic) bond motifs is 5. The van der Waals surface area contributed by atoms with Crippen molar-refractivity contribution in [2.45, 2.75) is 39.5 Å². The molecule has 0 radical (unpaired) electrons. The number of hydrogen-bond donors (Lipinski definition) is 0. The predicted molar refractivity (Wildman–Crippen MR) is 123 cm³/mol. The van der Waals surface area contributed by atoms with Crippen molar-refractivity contribution >= 4 is 0 Å². The second kappa shape index (κ2) is 7.51. The third kappa shape index (κ3) is 3.26. The molecule has 8 nitrogen and oxygen atoms in total. The highest BCUT2D eigenvalue weighted by atomic mass is 16.5. The monoisotopic (exact) mass is 437 g/mol. The maximum absolute atomic E-state index is 5.60. The Bertz CT molecular complexity index is 1460. The highest BCUT2D eigenvalue weighted by Crippen LogP contribution is 2.34. The van der Waals surface area contributed by atoms with Crippen LogP contribution in [0.5, 0.6) is 0 Å². The van der Waals surface area contributed by atoms with Crippen LogP contribution in [0.3, 0.4) is 0 Å². The summed E-state index contributed by atoms with van der Waals surface area (Å²) in [5.41, 5.74) is 7.98. The lowest BCUT2D eigenvalue weighted by atomic mass is 10.1. The molecule has 6 rings (SSSR count). The zero-order chi connectivity index (χ0) is 22.5. The smallest absolute Gasteiger partial charge is 0.278 e. The molecule has 4 heterocycles. The number of hydrogen-bond acceptors (Lipinski definition) is 6. The highest BCUT2D eigenvalue weighted by molar-refractivity contribution is 5.62. The summed E-state index contributed by atoms with van der Waals surface area (Å²) in [6, 6.07) is 16.7. The number of rotatable bonds is 4. The number of nitrogens with zero attached hydrogens (tertiary/aromatic N) is 7. The molecule has 3 aromatic heterocycles.